The molecule has 0 saturated carbocycles. The van der Waals surface area contributed by atoms with Gasteiger partial charge in [0, 0.05) is 0 Å². The average molecular weight is 381 g/mol. The van der Waals surface area contributed by atoms with E-state index < -0.39 is 17.7 Å². The summed E-state index contributed by atoms with van der Waals surface area (Å²) in [6.07, 6.45) is -3.09. The first-order chi connectivity index (χ1) is 12.3. The first kappa shape index (κ1) is 19.4. The zero-order valence-corrected chi connectivity index (χ0v) is 14.3. The largest absolute Gasteiger partial charge is 0.465 e. The van der Waals surface area contributed by atoms with Crippen LogP contribution in [0.2, 0.25) is 0 Å². The third kappa shape index (κ3) is 5.28. The van der Waals surface area contributed by atoms with Gasteiger partial charge in [0.25, 0.3) is 0 Å². The Morgan fingerprint density at radius 1 is 1.15 bits per heavy atom. The Balaban J connectivity index is 1.97. The number of methoxy groups -OCH3 is 1. The van der Waals surface area contributed by atoms with Crippen LogP contribution in [0, 0.1) is 0 Å². The highest BCUT2D eigenvalue weighted by molar-refractivity contribution is 7.80. The normalized spacial score (nSPS) is 11.2. The molecule has 2 aromatic rings. The molecule has 0 bridgehead atoms. The number of carbonyl (C=O) groups is 1. The molecule has 0 aliphatic heterocycles. The number of hydrazone groups is 1. The second-order valence-corrected chi connectivity index (χ2v) is 5.39. The van der Waals surface area contributed by atoms with E-state index in [1.54, 1.807) is 24.3 Å². The van der Waals surface area contributed by atoms with Crippen LogP contribution in [0.5, 0.6) is 0 Å². The van der Waals surface area contributed by atoms with E-state index in [0.29, 0.717) is 11.1 Å². The standard InChI is InChI=1S/C17H14F3N3O2S/c1-25-15(24)12-8-6-11(7-9-12)10-21-23-16(26)22-14-5-3-2-4-13(14)17(18,19)20/h2-10H,1H3,(H2,22,23,26)/b21-10+. The lowest BCUT2D eigenvalue weighted by molar-refractivity contribution is -0.136. The summed E-state index contributed by atoms with van der Waals surface area (Å²) < 4.78 is 43.4. The molecule has 5 nitrogen and oxygen atoms in total. The highest BCUT2D eigenvalue weighted by Gasteiger charge is 2.33. The minimum absolute atomic E-state index is 0.0934. The molecule has 2 N–H and O–H groups in total. The van der Waals surface area contributed by atoms with E-state index in [1.165, 1.54) is 31.5 Å². The van der Waals surface area contributed by atoms with Crippen molar-refractivity contribution in [1.29, 1.82) is 0 Å². The SMILES string of the molecule is COC(=O)c1ccc(/C=N/NC(=S)Nc2ccccc2C(F)(F)F)cc1. The van der Waals surface area contributed by atoms with Crippen molar-refractivity contribution in [3.63, 3.8) is 0 Å². The lowest BCUT2D eigenvalue weighted by Crippen LogP contribution is -2.25. The van der Waals surface area contributed by atoms with Gasteiger partial charge in [0.2, 0.25) is 0 Å². The summed E-state index contributed by atoms with van der Waals surface area (Å²) in [7, 11) is 1.28. The van der Waals surface area contributed by atoms with Crippen LogP contribution in [0.15, 0.2) is 53.6 Å². The van der Waals surface area contributed by atoms with E-state index in [-0.39, 0.29) is 10.8 Å². The van der Waals surface area contributed by atoms with Gasteiger partial charge >= 0.3 is 12.1 Å². The summed E-state index contributed by atoms with van der Waals surface area (Å²) in [4.78, 5) is 11.3. The molecule has 0 unspecified atom stereocenters. The van der Waals surface area contributed by atoms with Crippen molar-refractivity contribution < 1.29 is 22.7 Å². The quantitative estimate of drug-likeness (QED) is 0.365. The number of ether oxygens (including phenoxy) is 1. The van der Waals surface area contributed by atoms with Crippen molar-refractivity contribution in [2.75, 3.05) is 12.4 Å². The molecule has 0 radical (unpaired) electrons. The van der Waals surface area contributed by atoms with Gasteiger partial charge < -0.3 is 10.1 Å². The topological polar surface area (TPSA) is 62.7 Å². The number of nitrogens with one attached hydrogen (secondary N) is 2. The fraction of sp³-hybridized carbons (Fsp3) is 0.118. The molecule has 0 saturated heterocycles. The highest BCUT2D eigenvalue weighted by Crippen LogP contribution is 2.34. The number of halogens is 3. The highest BCUT2D eigenvalue weighted by atomic mass is 32.1. The lowest BCUT2D eigenvalue weighted by Gasteiger charge is -2.14. The van der Waals surface area contributed by atoms with Crippen molar-refractivity contribution >= 4 is 35.2 Å². The van der Waals surface area contributed by atoms with Gasteiger partial charge in [-0.1, -0.05) is 24.3 Å². The molecule has 9 heteroatoms. The van der Waals surface area contributed by atoms with Crippen LogP contribution in [0.3, 0.4) is 0 Å². The van der Waals surface area contributed by atoms with E-state index >= 15 is 0 Å². The molecule has 2 aromatic carbocycles. The Kier molecular flexibility index (Phi) is 6.29. The van der Waals surface area contributed by atoms with Crippen LogP contribution in [0.25, 0.3) is 0 Å². The first-order valence-electron chi connectivity index (χ1n) is 7.26. The number of hydrogen-bond acceptors (Lipinski definition) is 4. The van der Waals surface area contributed by atoms with Crippen LogP contribution in [0.4, 0.5) is 18.9 Å². The van der Waals surface area contributed by atoms with Crippen LogP contribution in [-0.4, -0.2) is 24.4 Å². The van der Waals surface area contributed by atoms with Gasteiger partial charge in [0.15, 0.2) is 5.11 Å². The summed E-state index contributed by atoms with van der Waals surface area (Å²) >= 11 is 4.94. The summed E-state index contributed by atoms with van der Waals surface area (Å²) in [5.41, 5.74) is 2.48. The van der Waals surface area contributed by atoms with Crippen molar-refractivity contribution in [3.8, 4) is 0 Å². The smallest absolute Gasteiger partial charge is 0.418 e. The summed E-state index contributed by atoms with van der Waals surface area (Å²) in [5, 5.41) is 6.22. The second-order valence-electron chi connectivity index (χ2n) is 4.98. The fourth-order valence-electron chi connectivity index (χ4n) is 1.98. The second kappa shape index (κ2) is 8.43. The van der Waals surface area contributed by atoms with Crippen LogP contribution in [-0.2, 0) is 10.9 Å². The molecule has 26 heavy (non-hydrogen) atoms. The Morgan fingerprint density at radius 2 is 1.81 bits per heavy atom. The Hall–Kier alpha value is -2.94. The zero-order valence-electron chi connectivity index (χ0n) is 13.5. The molecule has 0 aromatic heterocycles. The number of alkyl halides is 3. The minimum atomic E-state index is -4.50. The maximum absolute atomic E-state index is 12.9. The Labute approximate surface area is 152 Å². The molecule has 0 amide bonds. The van der Waals surface area contributed by atoms with Crippen LogP contribution < -0.4 is 10.7 Å². The van der Waals surface area contributed by atoms with Gasteiger partial charge in [-0.3, -0.25) is 5.43 Å². The zero-order chi connectivity index (χ0) is 19.2. The third-order valence-corrected chi connectivity index (χ3v) is 3.39. The molecule has 0 atom stereocenters. The van der Waals surface area contributed by atoms with Crippen molar-refractivity contribution in [2.24, 2.45) is 5.10 Å². The maximum atomic E-state index is 12.9. The van der Waals surface area contributed by atoms with Crippen molar-refractivity contribution in [1.82, 2.24) is 5.43 Å². The van der Waals surface area contributed by atoms with Gasteiger partial charge in [-0.15, -0.1) is 0 Å². The number of anilines is 1. The van der Waals surface area contributed by atoms with Crippen LogP contribution >= 0.6 is 12.2 Å². The van der Waals surface area contributed by atoms with E-state index in [1.807, 2.05) is 0 Å². The van der Waals surface area contributed by atoms with E-state index in [4.69, 9.17) is 12.2 Å². The van der Waals surface area contributed by atoms with Crippen LogP contribution in [0.1, 0.15) is 21.5 Å². The maximum Gasteiger partial charge on any atom is 0.418 e. The van der Waals surface area contributed by atoms with E-state index in [9.17, 15) is 18.0 Å². The molecule has 0 heterocycles. The summed E-state index contributed by atoms with van der Waals surface area (Å²) in [6.45, 7) is 0. The monoisotopic (exact) mass is 381 g/mol. The van der Waals surface area contributed by atoms with Gasteiger partial charge in [0.1, 0.15) is 0 Å². The number of hydrogen-bond donors (Lipinski definition) is 2. The number of benzene rings is 2. The summed E-state index contributed by atoms with van der Waals surface area (Å²) in [6, 6.07) is 11.4. The molecular weight excluding hydrogens is 367 g/mol. The van der Waals surface area contributed by atoms with Crippen molar-refractivity contribution in [3.05, 3.63) is 65.2 Å². The average Bonchev–Trinajstić information content (AvgIpc) is 2.61. The number of nitrogens with zero attached hydrogens (tertiary/aromatic N) is 1. The third-order valence-electron chi connectivity index (χ3n) is 3.19. The number of rotatable bonds is 4. The molecule has 0 aliphatic rings. The van der Waals surface area contributed by atoms with Gasteiger partial charge in [0.05, 0.1) is 30.1 Å². The van der Waals surface area contributed by atoms with Gasteiger partial charge in [-0.2, -0.15) is 18.3 Å². The number of carbonyl (C=O) groups excluding carboxylic acids is 1. The van der Waals surface area contributed by atoms with E-state index in [0.717, 1.165) is 6.07 Å². The number of esters is 1. The number of thiocarbonyl (C=S) groups is 1. The van der Waals surface area contributed by atoms with Gasteiger partial charge in [-0.05, 0) is 42.0 Å². The van der Waals surface area contributed by atoms with Crippen molar-refractivity contribution in [2.45, 2.75) is 6.18 Å². The fourth-order valence-corrected chi connectivity index (χ4v) is 2.14. The lowest BCUT2D eigenvalue weighted by atomic mass is 10.1. The predicted molar refractivity (Wildman–Crippen MR) is 96.2 cm³/mol. The molecule has 0 fully saturated rings. The minimum Gasteiger partial charge on any atom is -0.465 e. The summed E-state index contributed by atoms with van der Waals surface area (Å²) in [5.74, 6) is -0.458. The van der Waals surface area contributed by atoms with E-state index in [2.05, 4.69) is 20.6 Å². The Bertz CT molecular complexity index is 821. The number of para-hydroxylation sites is 1. The molecule has 0 spiro atoms. The molecule has 2 rings (SSSR count). The molecular formula is C17H14F3N3O2S. The first-order valence-corrected chi connectivity index (χ1v) is 7.67. The molecule has 136 valence electrons. The molecule has 0 aliphatic carbocycles. The Morgan fingerprint density at radius 3 is 2.42 bits per heavy atom. The predicted octanol–water partition coefficient (Wildman–Crippen LogP) is 3.81. The van der Waals surface area contributed by atoms with Gasteiger partial charge in [-0.25, -0.2) is 4.79 Å².